The van der Waals surface area contributed by atoms with Gasteiger partial charge in [-0.2, -0.15) is 0 Å². The minimum absolute atomic E-state index is 0.131. The molecule has 4 atom stereocenters. The summed E-state index contributed by atoms with van der Waals surface area (Å²) in [6.45, 7) is 0.234. The number of nitrogens with one attached hydrogen (secondary N) is 2. The van der Waals surface area contributed by atoms with Crippen molar-refractivity contribution in [1.29, 1.82) is 0 Å². The summed E-state index contributed by atoms with van der Waals surface area (Å²) < 4.78 is 34.4. The van der Waals surface area contributed by atoms with E-state index in [4.69, 9.17) is 156 Å². The lowest BCUT2D eigenvalue weighted by Crippen LogP contribution is -2.37. The predicted octanol–water partition coefficient (Wildman–Crippen LogP) is 22.8. The van der Waals surface area contributed by atoms with Gasteiger partial charge in [0, 0.05) is 116 Å². The molecule has 0 fully saturated rings. The number of alkyl halides is 1. The Bertz CT molecular complexity index is 8250. The standard InChI is InChI=1S/C25H18Cl3N4O3P.C24H15Cl3N4O2.C19H16Cl2N4O4P2.C18H13Cl2N4O3P.C7H6BrCl/c1-35-36-32-24(33)21-23(30(25(32)34)14-15-6-8-16(26)9-7-15)29-22(19-4-2-3-5-20(19)28)31(21)18-12-10-17(27)11-13-18;25-15-7-5-14(6-8-15)13-30-22-20(23(32)29-24(30)33)31(17-11-9-16(26)10-12-17)21(28-22)18-3-1-2-4-19(18)27;1-28-31-25-18(26)15-17(23(10-29-30)19(25)27)22-16(13-4-2-3-5-14(13)21)24(15)12-8-6-11(20)7-9-12;1-27-28-24-17(25)14-15(22-18(24)26)21-16(12-4-2-3-5-13(12)20)23(14)11-8-6-10(19)7-9-11;8-5-6-1-3-7(9)4-2-6/h2-13,36H,14H2,1H3;1-12H,13H2,(H,29,32,33);2-9,31H,10,30H2,1H3;2-9,28H,1H3,(H,22,26);1-4H,5H2. The number of halogens is 12. The number of hydrogen-bond donors (Lipinski definition) is 2. The summed E-state index contributed by atoms with van der Waals surface area (Å²) in [6, 6.07) is 78.5. The molecule has 0 amide bonds. The van der Waals surface area contributed by atoms with Gasteiger partial charge < -0.3 is 18.1 Å². The molecule has 8 aromatic heterocycles. The molecule has 44 heteroatoms. The Labute approximate surface area is 847 Å². The number of aromatic amines is 2. The van der Waals surface area contributed by atoms with Crippen LogP contribution in [0.4, 0.5) is 0 Å². The molecule has 0 saturated heterocycles. The zero-order valence-electron chi connectivity index (χ0n) is 71.0. The highest BCUT2D eigenvalue weighted by Gasteiger charge is 2.30. The fourth-order valence-corrected chi connectivity index (χ4v) is 18.3. The molecule has 0 aliphatic carbocycles. The number of nitrogens with zero attached hydrogens (tertiary/aromatic N) is 14. The van der Waals surface area contributed by atoms with Crippen molar-refractivity contribution in [3.63, 3.8) is 0 Å². The molecular weight excluding hydrogens is 2130 g/mol. The van der Waals surface area contributed by atoms with Crippen molar-refractivity contribution < 1.29 is 18.1 Å². The number of H-pyrrole nitrogens is 2. The zero-order chi connectivity index (χ0) is 97.2. The van der Waals surface area contributed by atoms with Crippen molar-refractivity contribution in [3.8, 4) is 68.3 Å². The number of benzene rings is 11. The topological polar surface area (TPSA) is 306 Å². The first-order valence-corrected chi connectivity index (χ1v) is 48.6. The number of aromatic nitrogens is 16. The Hall–Kier alpha value is -10.8. The van der Waals surface area contributed by atoms with Crippen LogP contribution in [0.5, 0.6) is 0 Å². The first-order chi connectivity index (χ1) is 66.1. The molecule has 2 N–H and O–H groups in total. The lowest BCUT2D eigenvalue weighted by Gasteiger charge is -2.13. The van der Waals surface area contributed by atoms with E-state index in [2.05, 4.69) is 45.3 Å². The molecule has 4 unspecified atom stereocenters. The monoisotopic (exact) mass is 2190 g/mol. The minimum Gasteiger partial charge on any atom is -0.344 e. The minimum atomic E-state index is -0.593. The molecule has 0 saturated carbocycles. The summed E-state index contributed by atoms with van der Waals surface area (Å²) >= 11 is 71.2. The van der Waals surface area contributed by atoms with E-state index in [0.717, 1.165) is 34.5 Å². The van der Waals surface area contributed by atoms with E-state index in [9.17, 15) is 38.4 Å². The summed E-state index contributed by atoms with van der Waals surface area (Å²) in [5.41, 5.74) is 5.12. The Morgan fingerprint density at radius 1 is 0.321 bits per heavy atom. The molecule has 19 aromatic rings. The van der Waals surface area contributed by atoms with Crippen LogP contribution in [-0.4, -0.2) is 96.2 Å². The molecule has 8 heterocycles. The van der Waals surface area contributed by atoms with Gasteiger partial charge in [-0.25, -0.2) is 52.1 Å². The van der Waals surface area contributed by atoms with Crippen molar-refractivity contribution in [2.24, 2.45) is 0 Å². The first-order valence-electron chi connectivity index (χ1n) is 40.2. The zero-order valence-corrected chi connectivity index (χ0v) is 85.1. The highest BCUT2D eigenvalue weighted by atomic mass is 79.9. The number of imidazole rings is 4. The van der Waals surface area contributed by atoms with E-state index in [0.29, 0.717) is 119 Å². The van der Waals surface area contributed by atoms with Crippen LogP contribution < -0.4 is 45.0 Å². The lowest BCUT2D eigenvalue weighted by atomic mass is 10.2. The van der Waals surface area contributed by atoms with Crippen LogP contribution in [0, 0.1) is 0 Å². The number of rotatable bonds is 21. The normalized spacial score (nSPS) is 11.4. The number of hydrogen-bond acceptors (Lipinski definition) is 16. The van der Waals surface area contributed by atoms with Gasteiger partial charge in [0.2, 0.25) is 0 Å². The van der Waals surface area contributed by atoms with E-state index < -0.39 is 71.9 Å². The molecule has 28 nitrogen and oxygen atoms in total. The van der Waals surface area contributed by atoms with Crippen molar-refractivity contribution in [3.05, 3.63) is 422 Å². The van der Waals surface area contributed by atoms with E-state index in [1.54, 1.807) is 188 Å². The lowest BCUT2D eigenvalue weighted by molar-refractivity contribution is 0.275. The van der Waals surface area contributed by atoms with Gasteiger partial charge in [0.1, 0.15) is 56.9 Å². The molecule has 0 aliphatic rings. The average molecular weight is 2200 g/mol. The molecule has 19 rings (SSSR count). The van der Waals surface area contributed by atoms with Gasteiger partial charge in [0.05, 0.1) is 33.2 Å². The summed E-state index contributed by atoms with van der Waals surface area (Å²) in [4.78, 5) is 129. The van der Waals surface area contributed by atoms with Gasteiger partial charge in [-0.05, 0) is 199 Å². The van der Waals surface area contributed by atoms with Crippen molar-refractivity contribution in [1.82, 2.24) is 74.9 Å². The Kier molecular flexibility index (Phi) is 33.4. The van der Waals surface area contributed by atoms with Crippen LogP contribution in [0.15, 0.2) is 305 Å². The maximum absolute atomic E-state index is 13.7. The summed E-state index contributed by atoms with van der Waals surface area (Å²) in [6.07, 6.45) is 0. The maximum atomic E-state index is 13.7. The molecule has 0 aliphatic heterocycles. The SMILES string of the molecule is COPn1c(=O)[nH]c2nc(-c3ccccc3Cl)n(-c3ccc(Cl)cc3)c2c1=O.COPn1c(=O)c2c(nc(-c3ccccc3Cl)n2-c2ccc(Cl)cc2)n(COP)c1=O.COPn1c(=O)c2c(nc(-c3ccccc3Cl)n2-c2ccc(Cl)cc2)n(Cc2ccc(Cl)cc2)c1=O.Clc1ccc(CBr)cc1.O=c1[nH]c(=O)n(Cc2ccc(Cl)cc2)c2nc(-c3ccccc3Cl)n(-c3ccc(Cl)cc3)c12. The Morgan fingerprint density at radius 2 is 0.606 bits per heavy atom. The molecular formula is C93H68BrCl11N16O12P4. The molecule has 137 heavy (non-hydrogen) atoms. The van der Waals surface area contributed by atoms with Crippen LogP contribution >= 0.6 is 180 Å². The summed E-state index contributed by atoms with van der Waals surface area (Å²) in [7, 11) is 4.88. The van der Waals surface area contributed by atoms with Gasteiger partial charge in [0.25, 0.3) is 22.2 Å². The highest BCUT2D eigenvalue weighted by molar-refractivity contribution is 9.08. The van der Waals surface area contributed by atoms with Crippen molar-refractivity contribution in [2.45, 2.75) is 25.2 Å². The van der Waals surface area contributed by atoms with Gasteiger partial charge in [-0.3, -0.25) is 61.1 Å². The predicted molar refractivity (Wildman–Crippen MR) is 561 cm³/mol. The van der Waals surface area contributed by atoms with Gasteiger partial charge in [-0.1, -0.05) is 228 Å². The van der Waals surface area contributed by atoms with Crippen LogP contribution in [0.3, 0.4) is 0 Å². The van der Waals surface area contributed by atoms with Crippen LogP contribution in [-0.2, 0) is 43.2 Å². The average Bonchev–Trinajstić information content (AvgIpc) is 1.60. The van der Waals surface area contributed by atoms with Gasteiger partial charge in [0.15, 0.2) is 44.7 Å². The van der Waals surface area contributed by atoms with E-state index in [-0.39, 0.29) is 64.5 Å². The third kappa shape index (κ3) is 22.1. The molecule has 11 aromatic carbocycles. The van der Waals surface area contributed by atoms with Gasteiger partial charge >= 0.3 is 22.8 Å². The Morgan fingerprint density at radius 3 is 0.949 bits per heavy atom. The molecule has 0 spiro atoms. The second-order valence-electron chi connectivity index (χ2n) is 29.1. The van der Waals surface area contributed by atoms with E-state index >= 15 is 0 Å². The maximum Gasteiger partial charge on any atom is 0.339 e. The van der Waals surface area contributed by atoms with Gasteiger partial charge in [-0.15, -0.1) is 0 Å². The van der Waals surface area contributed by atoms with E-state index in [1.165, 1.54) is 40.6 Å². The van der Waals surface area contributed by atoms with Crippen LogP contribution in [0.25, 0.3) is 113 Å². The highest BCUT2D eigenvalue weighted by Crippen LogP contribution is 2.39. The van der Waals surface area contributed by atoms with Crippen molar-refractivity contribution >= 4 is 225 Å². The van der Waals surface area contributed by atoms with Crippen LogP contribution in [0.2, 0.25) is 55.2 Å². The second-order valence-corrected chi connectivity index (χ2v) is 37.8. The first kappa shape index (κ1) is 101. The molecule has 0 bridgehead atoms. The summed E-state index contributed by atoms with van der Waals surface area (Å²) in [5, 5.41) is 6.87. The van der Waals surface area contributed by atoms with Crippen LogP contribution in [0.1, 0.15) is 16.7 Å². The summed E-state index contributed by atoms with van der Waals surface area (Å²) in [5.74, 6) is 1.67. The third-order valence-corrected chi connectivity index (χ3v) is 26.7. The third-order valence-electron chi connectivity index (χ3n) is 20.5. The van der Waals surface area contributed by atoms with E-state index in [1.807, 2.05) is 97.1 Å². The quantitative estimate of drug-likeness (QED) is 0.0499. The largest absolute Gasteiger partial charge is 0.344 e. The molecule has 696 valence electrons. The smallest absolute Gasteiger partial charge is 0.339 e. The van der Waals surface area contributed by atoms with Crippen molar-refractivity contribution in [2.75, 3.05) is 21.3 Å². The number of fused-ring (bicyclic) bond motifs is 4. The Balaban J connectivity index is 0.000000135. The fraction of sp³-hybridized carbons (Fsp3) is 0.0753. The fourth-order valence-electron chi connectivity index (χ4n) is 14.3. The second kappa shape index (κ2) is 45.5. The molecule has 0 radical (unpaired) electrons.